The summed E-state index contributed by atoms with van der Waals surface area (Å²) in [5.41, 5.74) is 0.111. The fraction of sp³-hybridized carbons (Fsp3) is 0.375. The number of aromatic carboxylic acids is 1. The highest BCUT2D eigenvalue weighted by Gasteiger charge is 2.29. The van der Waals surface area contributed by atoms with E-state index in [2.05, 4.69) is 23.7 Å². The Kier molecular flexibility index (Phi) is 3.53. The number of hydrogen-bond donors (Lipinski definition) is 1. The van der Waals surface area contributed by atoms with Crippen LogP contribution in [0, 0.1) is 0 Å². The lowest BCUT2D eigenvalue weighted by Gasteiger charge is -2.38. The second-order valence-electron chi connectivity index (χ2n) is 5.89. The van der Waals surface area contributed by atoms with Crippen LogP contribution >= 0.6 is 11.8 Å². The van der Waals surface area contributed by atoms with Gasteiger partial charge in [0.2, 0.25) is 0 Å². The summed E-state index contributed by atoms with van der Waals surface area (Å²) in [5, 5.41) is 11.2. The largest absolute Gasteiger partial charge is 0.477 e. The Bertz CT molecular complexity index is 700. The van der Waals surface area contributed by atoms with Crippen LogP contribution in [0.5, 0.6) is 0 Å². The molecule has 3 rings (SSSR count). The number of benzene rings is 1. The highest BCUT2D eigenvalue weighted by Crippen LogP contribution is 2.34. The number of carbonyl (C=O) groups is 1. The van der Waals surface area contributed by atoms with Crippen molar-refractivity contribution in [3.63, 3.8) is 0 Å². The Labute approximate surface area is 128 Å². The van der Waals surface area contributed by atoms with Crippen LogP contribution in [0.1, 0.15) is 24.3 Å². The van der Waals surface area contributed by atoms with Gasteiger partial charge in [0.1, 0.15) is 5.82 Å². The molecule has 4 nitrogen and oxygen atoms in total. The Morgan fingerprint density at radius 3 is 2.86 bits per heavy atom. The van der Waals surface area contributed by atoms with Crippen LogP contribution in [0.4, 0.5) is 5.82 Å². The molecule has 0 amide bonds. The zero-order valence-electron chi connectivity index (χ0n) is 12.2. The molecule has 1 saturated heterocycles. The smallest absolute Gasteiger partial charge is 0.354 e. The monoisotopic (exact) mass is 302 g/mol. The van der Waals surface area contributed by atoms with Gasteiger partial charge in [0, 0.05) is 29.0 Å². The molecule has 0 bridgehead atoms. The third-order valence-electron chi connectivity index (χ3n) is 3.66. The van der Waals surface area contributed by atoms with Crippen LogP contribution in [0.25, 0.3) is 10.8 Å². The molecule has 2 aromatic rings. The molecular weight excluding hydrogens is 284 g/mol. The number of anilines is 1. The van der Waals surface area contributed by atoms with Crippen molar-refractivity contribution >= 4 is 34.3 Å². The molecule has 0 unspecified atom stereocenters. The van der Waals surface area contributed by atoms with Crippen molar-refractivity contribution in [3.05, 3.63) is 36.0 Å². The molecular formula is C16H18N2O2S. The van der Waals surface area contributed by atoms with Crippen molar-refractivity contribution in [1.82, 2.24) is 4.98 Å². The van der Waals surface area contributed by atoms with Crippen molar-refractivity contribution in [2.24, 2.45) is 0 Å². The van der Waals surface area contributed by atoms with E-state index in [0.29, 0.717) is 0 Å². The number of rotatable bonds is 2. The van der Waals surface area contributed by atoms with E-state index in [1.54, 1.807) is 6.07 Å². The summed E-state index contributed by atoms with van der Waals surface area (Å²) in [4.78, 5) is 17.9. The van der Waals surface area contributed by atoms with E-state index < -0.39 is 5.97 Å². The molecule has 110 valence electrons. The number of carboxylic acids is 1. The predicted molar refractivity (Wildman–Crippen MR) is 87.5 cm³/mol. The number of thioether (sulfide) groups is 1. The second-order valence-corrected chi connectivity index (χ2v) is 7.69. The maximum Gasteiger partial charge on any atom is 0.354 e. The van der Waals surface area contributed by atoms with Gasteiger partial charge in [-0.15, -0.1) is 0 Å². The summed E-state index contributed by atoms with van der Waals surface area (Å²) in [6.45, 7) is 6.20. The number of pyridine rings is 1. The fourth-order valence-corrected chi connectivity index (χ4v) is 3.84. The Morgan fingerprint density at radius 2 is 2.14 bits per heavy atom. The van der Waals surface area contributed by atoms with Crippen LogP contribution in [-0.4, -0.2) is 39.6 Å². The van der Waals surface area contributed by atoms with E-state index in [9.17, 15) is 9.90 Å². The molecule has 0 spiro atoms. The molecule has 21 heavy (non-hydrogen) atoms. The maximum absolute atomic E-state index is 11.3. The molecule has 1 aromatic carbocycles. The van der Waals surface area contributed by atoms with E-state index in [1.165, 1.54) is 0 Å². The number of fused-ring (bicyclic) bond motifs is 1. The normalized spacial score (nSPS) is 17.9. The number of nitrogens with zero attached hydrogens (tertiary/aromatic N) is 2. The summed E-state index contributed by atoms with van der Waals surface area (Å²) in [5.74, 6) is 0.840. The molecule has 5 heteroatoms. The van der Waals surface area contributed by atoms with E-state index >= 15 is 0 Å². The first kappa shape index (κ1) is 14.2. The summed E-state index contributed by atoms with van der Waals surface area (Å²) in [6, 6.07) is 9.49. The van der Waals surface area contributed by atoms with Gasteiger partial charge in [0.05, 0.1) is 0 Å². The van der Waals surface area contributed by atoms with Crippen molar-refractivity contribution in [3.8, 4) is 0 Å². The highest BCUT2D eigenvalue weighted by molar-refractivity contribution is 8.00. The first-order valence-corrected chi connectivity index (χ1v) is 7.97. The van der Waals surface area contributed by atoms with Crippen molar-refractivity contribution in [2.75, 3.05) is 23.7 Å². The second kappa shape index (κ2) is 5.22. The molecule has 1 N–H and O–H groups in total. The van der Waals surface area contributed by atoms with Crippen molar-refractivity contribution < 1.29 is 9.90 Å². The zero-order chi connectivity index (χ0) is 15.0. The topological polar surface area (TPSA) is 53.4 Å². The molecule has 1 fully saturated rings. The predicted octanol–water partition coefficient (Wildman–Crippen LogP) is 3.26. The minimum Gasteiger partial charge on any atom is -0.477 e. The Morgan fingerprint density at radius 1 is 1.38 bits per heavy atom. The molecule has 1 aliphatic heterocycles. The number of aromatic nitrogens is 1. The van der Waals surface area contributed by atoms with Gasteiger partial charge in [-0.2, -0.15) is 11.8 Å². The maximum atomic E-state index is 11.3. The quantitative estimate of drug-likeness (QED) is 0.922. The zero-order valence-corrected chi connectivity index (χ0v) is 13.0. The highest BCUT2D eigenvalue weighted by atomic mass is 32.2. The molecule has 1 aliphatic rings. The molecule has 0 aliphatic carbocycles. The SMILES string of the molecule is CC1(C)CN(c2nc(C(=O)O)cc3ccccc23)CCS1. The minimum absolute atomic E-state index is 0.111. The van der Waals surface area contributed by atoms with Gasteiger partial charge in [0.25, 0.3) is 0 Å². The van der Waals surface area contributed by atoms with E-state index in [0.717, 1.165) is 35.4 Å². The molecule has 0 saturated carbocycles. The third-order valence-corrected chi connectivity index (χ3v) is 4.96. The average Bonchev–Trinajstić information content (AvgIpc) is 2.45. The lowest BCUT2D eigenvalue weighted by molar-refractivity contribution is 0.0691. The molecule has 1 aromatic heterocycles. The van der Waals surface area contributed by atoms with Crippen molar-refractivity contribution in [1.29, 1.82) is 0 Å². The van der Waals surface area contributed by atoms with Crippen LogP contribution in [0.15, 0.2) is 30.3 Å². The van der Waals surface area contributed by atoms with Gasteiger partial charge in [-0.1, -0.05) is 24.3 Å². The van der Waals surface area contributed by atoms with Gasteiger partial charge in [-0.25, -0.2) is 9.78 Å². The molecule has 0 radical (unpaired) electrons. The number of hydrogen-bond acceptors (Lipinski definition) is 4. The summed E-state index contributed by atoms with van der Waals surface area (Å²) in [6.07, 6.45) is 0. The summed E-state index contributed by atoms with van der Waals surface area (Å²) < 4.78 is 0.153. The number of carboxylic acid groups (broad SMARTS) is 1. The standard InChI is InChI=1S/C16H18N2O2S/c1-16(2)10-18(7-8-21-16)14-12-6-4-3-5-11(12)9-13(17-14)15(19)20/h3-6,9H,7-8,10H2,1-2H3,(H,19,20). The fourth-order valence-electron chi connectivity index (χ4n) is 2.73. The third kappa shape index (κ3) is 2.83. The summed E-state index contributed by atoms with van der Waals surface area (Å²) >= 11 is 1.95. The molecule has 2 heterocycles. The first-order valence-electron chi connectivity index (χ1n) is 6.98. The van der Waals surface area contributed by atoms with E-state index in [-0.39, 0.29) is 10.4 Å². The van der Waals surface area contributed by atoms with Gasteiger partial charge in [-0.3, -0.25) is 0 Å². The van der Waals surface area contributed by atoms with Crippen LogP contribution in [0.3, 0.4) is 0 Å². The minimum atomic E-state index is -0.979. The van der Waals surface area contributed by atoms with E-state index in [4.69, 9.17) is 0 Å². The van der Waals surface area contributed by atoms with Gasteiger partial charge < -0.3 is 10.0 Å². The van der Waals surface area contributed by atoms with Crippen molar-refractivity contribution in [2.45, 2.75) is 18.6 Å². The van der Waals surface area contributed by atoms with Crippen LogP contribution in [0.2, 0.25) is 0 Å². The van der Waals surface area contributed by atoms with Crippen LogP contribution < -0.4 is 4.90 Å². The van der Waals surface area contributed by atoms with Gasteiger partial charge in [-0.05, 0) is 25.3 Å². The Hall–Kier alpha value is -1.75. The summed E-state index contributed by atoms with van der Waals surface area (Å²) in [7, 11) is 0. The average molecular weight is 302 g/mol. The molecule has 0 atom stereocenters. The van der Waals surface area contributed by atoms with Gasteiger partial charge in [0.15, 0.2) is 5.69 Å². The van der Waals surface area contributed by atoms with Gasteiger partial charge >= 0.3 is 5.97 Å². The van der Waals surface area contributed by atoms with E-state index in [1.807, 2.05) is 36.0 Å². The Balaban J connectivity index is 2.13. The first-order chi connectivity index (χ1) is 9.96. The van der Waals surface area contributed by atoms with Crippen LogP contribution in [-0.2, 0) is 0 Å². The lowest BCUT2D eigenvalue weighted by atomic mass is 10.1. The lowest BCUT2D eigenvalue weighted by Crippen LogP contribution is -2.43.